The summed E-state index contributed by atoms with van der Waals surface area (Å²) in [5, 5.41) is 11.2. The van der Waals surface area contributed by atoms with E-state index in [4.69, 9.17) is 4.74 Å². The van der Waals surface area contributed by atoms with Gasteiger partial charge in [0, 0.05) is 12.5 Å². The van der Waals surface area contributed by atoms with Crippen LogP contribution in [0.1, 0.15) is 99.3 Å². The molecule has 1 N–H and O–H groups in total. The number of hydrogen-bond acceptors (Lipinski definition) is 2. The van der Waals surface area contributed by atoms with Crippen LogP contribution in [-0.2, 0) is 4.74 Å². The highest BCUT2D eigenvalue weighted by molar-refractivity contribution is 5.26. The molecular weight excluding hydrogens is 380 g/mol. The van der Waals surface area contributed by atoms with Gasteiger partial charge in [0.15, 0.2) is 0 Å². The minimum atomic E-state index is -0.142. The average molecular weight is 431 g/mol. The summed E-state index contributed by atoms with van der Waals surface area (Å²) in [6, 6.07) is 0. The van der Waals surface area contributed by atoms with E-state index >= 15 is 0 Å². The van der Waals surface area contributed by atoms with Crippen LogP contribution < -0.4 is 0 Å². The molecule has 2 nitrogen and oxygen atoms in total. The van der Waals surface area contributed by atoms with E-state index in [0.29, 0.717) is 46.0 Å². The van der Waals surface area contributed by atoms with Gasteiger partial charge in [-0.05, 0) is 116 Å². The molecule has 0 radical (unpaired) electrons. The molecule has 0 bridgehead atoms. The van der Waals surface area contributed by atoms with Crippen LogP contribution in [0.3, 0.4) is 0 Å². The minimum Gasteiger partial charge on any atom is -0.393 e. The SMILES string of the molecule is CO[C@@H]1CC2C3CCC([C@H](C)[C@H](O)CC(C)C(C)C)[C@@]3(C)CCC2[C@@]2(C)CC[C@@H]3C[C@]312. The molecule has 178 valence electrons. The van der Waals surface area contributed by atoms with Gasteiger partial charge in [0.1, 0.15) is 0 Å². The Morgan fingerprint density at radius 3 is 2.35 bits per heavy atom. The Kier molecular flexibility index (Phi) is 5.46. The predicted molar refractivity (Wildman–Crippen MR) is 128 cm³/mol. The van der Waals surface area contributed by atoms with Crippen molar-refractivity contribution < 1.29 is 9.84 Å². The van der Waals surface area contributed by atoms with Crippen molar-refractivity contribution in [3.05, 3.63) is 0 Å². The number of aliphatic hydroxyl groups excluding tert-OH is 1. The van der Waals surface area contributed by atoms with Gasteiger partial charge < -0.3 is 9.84 Å². The van der Waals surface area contributed by atoms with Gasteiger partial charge in [-0.15, -0.1) is 0 Å². The summed E-state index contributed by atoms with van der Waals surface area (Å²) >= 11 is 0. The first-order valence-corrected chi connectivity index (χ1v) is 13.8. The lowest BCUT2D eigenvalue weighted by Gasteiger charge is -2.61. The smallest absolute Gasteiger partial charge is 0.0638 e. The molecule has 5 fully saturated rings. The zero-order chi connectivity index (χ0) is 22.3. The molecule has 0 heterocycles. The van der Waals surface area contributed by atoms with Crippen LogP contribution in [0.4, 0.5) is 0 Å². The van der Waals surface area contributed by atoms with Gasteiger partial charge in [-0.2, -0.15) is 0 Å². The standard InChI is InChI=1S/C29H50O2/c1-17(2)18(3)14-25(30)19(4)22-8-9-23-21-15-26(31-7)29-16-20(29)10-13-28(29,6)24(21)11-12-27(22,23)5/h17-26,30H,8-16H2,1-7H3/t18?,19-,20+,21?,22?,23?,24?,25+,26+,27+,28+,29-/m0/s1. The predicted octanol–water partition coefficient (Wildman–Crippen LogP) is 6.95. The highest BCUT2D eigenvalue weighted by Crippen LogP contribution is 2.82. The van der Waals surface area contributed by atoms with Crippen LogP contribution in [0.25, 0.3) is 0 Å². The minimum absolute atomic E-state index is 0.142. The van der Waals surface area contributed by atoms with Crippen molar-refractivity contribution in [2.24, 2.45) is 63.6 Å². The Hall–Kier alpha value is -0.0800. The van der Waals surface area contributed by atoms with Crippen LogP contribution in [0, 0.1) is 63.6 Å². The molecule has 0 aromatic carbocycles. The van der Waals surface area contributed by atoms with Crippen molar-refractivity contribution in [3.8, 4) is 0 Å². The molecule has 31 heavy (non-hydrogen) atoms. The summed E-state index contributed by atoms with van der Waals surface area (Å²) in [6.45, 7) is 14.6. The fourth-order valence-electron chi connectivity index (χ4n) is 10.6. The zero-order valence-corrected chi connectivity index (χ0v) is 21.5. The van der Waals surface area contributed by atoms with Gasteiger partial charge in [0.05, 0.1) is 12.2 Å². The first kappa shape index (κ1) is 22.7. The summed E-state index contributed by atoms with van der Waals surface area (Å²) in [5.74, 6) is 5.95. The third kappa shape index (κ3) is 2.95. The van der Waals surface area contributed by atoms with E-state index in [9.17, 15) is 5.11 Å². The molecular formula is C29H50O2. The second-order valence-corrected chi connectivity index (χ2v) is 13.8. The quantitative estimate of drug-likeness (QED) is 0.494. The van der Waals surface area contributed by atoms with Gasteiger partial charge >= 0.3 is 0 Å². The molecule has 0 saturated heterocycles. The topological polar surface area (TPSA) is 29.5 Å². The summed E-state index contributed by atoms with van der Waals surface area (Å²) in [7, 11) is 2.00. The number of hydrogen-bond donors (Lipinski definition) is 1. The molecule has 2 heteroatoms. The molecule has 5 aliphatic carbocycles. The van der Waals surface area contributed by atoms with Crippen LogP contribution in [0.15, 0.2) is 0 Å². The lowest BCUT2D eigenvalue weighted by Crippen LogP contribution is -2.57. The summed E-state index contributed by atoms with van der Waals surface area (Å²) in [5.41, 5.74) is 1.48. The van der Waals surface area contributed by atoms with Crippen molar-refractivity contribution in [3.63, 3.8) is 0 Å². The van der Waals surface area contributed by atoms with Gasteiger partial charge in [-0.1, -0.05) is 41.5 Å². The van der Waals surface area contributed by atoms with Crippen molar-refractivity contribution in [2.75, 3.05) is 7.11 Å². The van der Waals surface area contributed by atoms with E-state index in [1.807, 2.05) is 7.11 Å². The Balaban J connectivity index is 1.37. The Morgan fingerprint density at radius 1 is 0.968 bits per heavy atom. The van der Waals surface area contributed by atoms with Gasteiger partial charge in [-0.25, -0.2) is 0 Å². The van der Waals surface area contributed by atoms with E-state index in [2.05, 4.69) is 41.5 Å². The first-order valence-electron chi connectivity index (χ1n) is 13.8. The lowest BCUT2D eigenvalue weighted by molar-refractivity contribution is -0.162. The summed E-state index contributed by atoms with van der Waals surface area (Å²) < 4.78 is 6.28. The maximum atomic E-state index is 11.2. The third-order valence-corrected chi connectivity index (χ3v) is 12.9. The maximum absolute atomic E-state index is 11.2. The lowest BCUT2D eigenvalue weighted by atomic mass is 9.45. The third-order valence-electron chi connectivity index (χ3n) is 12.9. The summed E-state index contributed by atoms with van der Waals surface area (Å²) in [4.78, 5) is 0. The number of rotatable bonds is 6. The largest absolute Gasteiger partial charge is 0.393 e. The van der Waals surface area contributed by atoms with Crippen molar-refractivity contribution in [1.29, 1.82) is 0 Å². The first-order chi connectivity index (χ1) is 14.6. The Labute approximate surface area is 192 Å². The van der Waals surface area contributed by atoms with E-state index in [-0.39, 0.29) is 6.10 Å². The molecule has 0 aliphatic heterocycles. The van der Waals surface area contributed by atoms with E-state index in [1.54, 1.807) is 0 Å². The number of ether oxygens (including phenoxy) is 1. The number of methoxy groups -OCH3 is 1. The van der Waals surface area contributed by atoms with E-state index in [1.165, 1.54) is 51.4 Å². The molecule has 5 aliphatic rings. The van der Waals surface area contributed by atoms with Crippen molar-refractivity contribution in [2.45, 2.75) is 112 Å². The number of fused-ring (bicyclic) bond motifs is 4. The summed E-state index contributed by atoms with van der Waals surface area (Å²) in [6.07, 6.45) is 12.6. The van der Waals surface area contributed by atoms with Crippen LogP contribution >= 0.6 is 0 Å². The van der Waals surface area contributed by atoms with E-state index in [0.717, 1.165) is 30.1 Å². The Bertz CT molecular complexity index is 688. The molecule has 0 amide bonds. The zero-order valence-electron chi connectivity index (χ0n) is 21.5. The molecule has 0 aromatic heterocycles. The van der Waals surface area contributed by atoms with Crippen LogP contribution in [0.2, 0.25) is 0 Å². The van der Waals surface area contributed by atoms with E-state index < -0.39 is 0 Å². The molecule has 5 rings (SSSR count). The molecule has 5 saturated carbocycles. The van der Waals surface area contributed by atoms with Gasteiger partial charge in [0.2, 0.25) is 0 Å². The Morgan fingerprint density at radius 2 is 1.71 bits per heavy atom. The molecule has 1 spiro atoms. The highest BCUT2D eigenvalue weighted by Gasteiger charge is 2.77. The second kappa shape index (κ2) is 7.46. The second-order valence-electron chi connectivity index (χ2n) is 13.8. The fourth-order valence-corrected chi connectivity index (χ4v) is 10.6. The monoisotopic (exact) mass is 430 g/mol. The number of aliphatic hydroxyl groups is 1. The van der Waals surface area contributed by atoms with Gasteiger partial charge in [-0.3, -0.25) is 0 Å². The molecule has 5 unspecified atom stereocenters. The van der Waals surface area contributed by atoms with Gasteiger partial charge in [0.25, 0.3) is 0 Å². The van der Waals surface area contributed by atoms with Crippen LogP contribution in [0.5, 0.6) is 0 Å². The average Bonchev–Trinajstić information content (AvgIpc) is 3.24. The molecule has 12 atom stereocenters. The fraction of sp³-hybridized carbons (Fsp3) is 1.00. The normalized spacial score (nSPS) is 53.3. The maximum Gasteiger partial charge on any atom is 0.0638 e. The van der Waals surface area contributed by atoms with Crippen molar-refractivity contribution in [1.82, 2.24) is 0 Å². The van der Waals surface area contributed by atoms with Crippen molar-refractivity contribution >= 4 is 0 Å². The molecule has 0 aromatic rings. The highest BCUT2D eigenvalue weighted by atomic mass is 16.5. The van der Waals surface area contributed by atoms with Crippen LogP contribution in [-0.4, -0.2) is 24.4 Å².